The summed E-state index contributed by atoms with van der Waals surface area (Å²) in [5.41, 5.74) is 2.76. The van der Waals surface area contributed by atoms with Crippen molar-refractivity contribution >= 4 is 0 Å². The van der Waals surface area contributed by atoms with E-state index in [0.29, 0.717) is 12.0 Å². The van der Waals surface area contributed by atoms with Crippen LogP contribution in [0.2, 0.25) is 0 Å². The standard InChI is InChI=1S/C18H29FN2/c1-5-17-6-7-21(11-13(2)10-20-17)12-16-8-14(3)18(19)15(4)9-16/h8-9,13,17,20H,5-7,10-12H2,1-4H3. The van der Waals surface area contributed by atoms with Crippen LogP contribution in [0, 0.1) is 25.6 Å². The number of aryl methyl sites for hydroxylation is 2. The molecule has 2 rings (SSSR count). The number of hydrogen-bond acceptors (Lipinski definition) is 2. The van der Waals surface area contributed by atoms with Gasteiger partial charge in [-0.05, 0) is 62.4 Å². The molecule has 1 aliphatic heterocycles. The molecule has 1 fully saturated rings. The number of hydrogen-bond donors (Lipinski definition) is 1. The Kier molecular flexibility index (Phi) is 5.77. The number of nitrogens with one attached hydrogen (secondary N) is 1. The van der Waals surface area contributed by atoms with Crippen LogP contribution in [0.15, 0.2) is 12.1 Å². The maximum atomic E-state index is 13.7. The highest BCUT2D eigenvalue weighted by atomic mass is 19.1. The predicted molar refractivity (Wildman–Crippen MR) is 87.0 cm³/mol. The first-order chi connectivity index (χ1) is 9.99. The van der Waals surface area contributed by atoms with Crippen LogP contribution in [0.5, 0.6) is 0 Å². The monoisotopic (exact) mass is 292 g/mol. The molecule has 1 aromatic carbocycles. The lowest BCUT2D eigenvalue weighted by Gasteiger charge is -2.32. The lowest BCUT2D eigenvalue weighted by molar-refractivity contribution is 0.190. The summed E-state index contributed by atoms with van der Waals surface area (Å²) in [4.78, 5) is 2.53. The number of halogens is 1. The van der Waals surface area contributed by atoms with Gasteiger partial charge >= 0.3 is 0 Å². The van der Waals surface area contributed by atoms with Gasteiger partial charge in [0, 0.05) is 19.1 Å². The van der Waals surface area contributed by atoms with E-state index >= 15 is 0 Å². The molecule has 3 heteroatoms. The summed E-state index contributed by atoms with van der Waals surface area (Å²) >= 11 is 0. The van der Waals surface area contributed by atoms with Gasteiger partial charge in [0.1, 0.15) is 5.82 Å². The molecule has 1 saturated heterocycles. The Balaban J connectivity index is 2.06. The minimum absolute atomic E-state index is 0.0602. The van der Waals surface area contributed by atoms with Crippen LogP contribution in [0.4, 0.5) is 4.39 Å². The molecule has 118 valence electrons. The molecule has 0 aliphatic carbocycles. The average molecular weight is 292 g/mol. The van der Waals surface area contributed by atoms with E-state index in [1.54, 1.807) is 0 Å². The lowest BCUT2D eigenvalue weighted by atomic mass is 10.0. The van der Waals surface area contributed by atoms with Gasteiger partial charge in [0.2, 0.25) is 0 Å². The number of nitrogens with zero attached hydrogens (tertiary/aromatic N) is 1. The fraction of sp³-hybridized carbons (Fsp3) is 0.667. The Morgan fingerprint density at radius 2 is 1.95 bits per heavy atom. The molecule has 0 bridgehead atoms. The molecule has 0 aromatic heterocycles. The first-order valence-electron chi connectivity index (χ1n) is 8.21. The van der Waals surface area contributed by atoms with Crippen molar-refractivity contribution in [3.8, 4) is 0 Å². The second-order valence-electron chi connectivity index (χ2n) is 6.69. The molecule has 2 atom stereocenters. The van der Waals surface area contributed by atoms with E-state index in [4.69, 9.17) is 0 Å². The zero-order chi connectivity index (χ0) is 15.4. The fourth-order valence-corrected chi connectivity index (χ4v) is 3.28. The molecule has 0 radical (unpaired) electrons. The van der Waals surface area contributed by atoms with E-state index in [1.165, 1.54) is 18.4 Å². The lowest BCUT2D eigenvalue weighted by Crippen LogP contribution is -2.43. The number of rotatable bonds is 3. The van der Waals surface area contributed by atoms with Gasteiger partial charge in [-0.15, -0.1) is 0 Å². The Hall–Kier alpha value is -0.930. The second-order valence-corrected chi connectivity index (χ2v) is 6.69. The molecule has 0 amide bonds. The molecule has 1 heterocycles. The minimum atomic E-state index is -0.0602. The van der Waals surface area contributed by atoms with E-state index < -0.39 is 0 Å². The molecule has 2 nitrogen and oxygen atoms in total. The van der Waals surface area contributed by atoms with Crippen molar-refractivity contribution in [3.63, 3.8) is 0 Å². The van der Waals surface area contributed by atoms with E-state index in [9.17, 15) is 4.39 Å². The Morgan fingerprint density at radius 1 is 1.29 bits per heavy atom. The van der Waals surface area contributed by atoms with E-state index in [2.05, 4.69) is 24.1 Å². The highest BCUT2D eigenvalue weighted by molar-refractivity contribution is 5.30. The summed E-state index contributed by atoms with van der Waals surface area (Å²) in [6.45, 7) is 12.5. The Bertz CT molecular complexity index is 449. The molecular weight excluding hydrogens is 263 g/mol. The highest BCUT2D eigenvalue weighted by Crippen LogP contribution is 2.18. The van der Waals surface area contributed by atoms with Gasteiger partial charge in [-0.1, -0.05) is 26.0 Å². The molecular formula is C18H29FN2. The molecule has 21 heavy (non-hydrogen) atoms. The van der Waals surface area contributed by atoms with Gasteiger partial charge in [-0.2, -0.15) is 0 Å². The topological polar surface area (TPSA) is 15.3 Å². The van der Waals surface area contributed by atoms with Gasteiger partial charge in [-0.3, -0.25) is 4.90 Å². The first kappa shape index (κ1) is 16.4. The van der Waals surface area contributed by atoms with Crippen molar-refractivity contribution in [3.05, 3.63) is 34.6 Å². The third-order valence-corrected chi connectivity index (χ3v) is 4.51. The summed E-state index contributed by atoms with van der Waals surface area (Å²) in [6.07, 6.45) is 2.39. The van der Waals surface area contributed by atoms with Crippen LogP contribution >= 0.6 is 0 Å². The Morgan fingerprint density at radius 3 is 2.57 bits per heavy atom. The van der Waals surface area contributed by atoms with Crippen molar-refractivity contribution in [2.45, 2.75) is 53.1 Å². The van der Waals surface area contributed by atoms with Crippen LogP contribution in [0.1, 0.15) is 43.4 Å². The molecule has 0 spiro atoms. The Labute approximate surface area is 128 Å². The van der Waals surface area contributed by atoms with E-state index in [0.717, 1.165) is 37.3 Å². The van der Waals surface area contributed by atoms with Gasteiger partial charge in [0.05, 0.1) is 0 Å². The van der Waals surface area contributed by atoms with Crippen molar-refractivity contribution in [2.24, 2.45) is 5.92 Å². The number of benzene rings is 1. The third kappa shape index (κ3) is 4.52. The first-order valence-corrected chi connectivity index (χ1v) is 8.21. The van der Waals surface area contributed by atoms with Gasteiger partial charge < -0.3 is 5.32 Å². The van der Waals surface area contributed by atoms with Gasteiger partial charge in [-0.25, -0.2) is 4.39 Å². The normalized spacial score (nSPS) is 24.6. The van der Waals surface area contributed by atoms with Crippen LogP contribution in [-0.2, 0) is 6.54 Å². The average Bonchev–Trinajstić information content (AvgIpc) is 2.42. The van der Waals surface area contributed by atoms with Crippen LogP contribution in [-0.4, -0.2) is 30.6 Å². The molecule has 0 saturated carbocycles. The maximum Gasteiger partial charge on any atom is 0.129 e. The molecule has 1 aromatic rings. The summed E-state index contributed by atoms with van der Waals surface area (Å²) in [5, 5.41) is 3.65. The van der Waals surface area contributed by atoms with Gasteiger partial charge in [0.25, 0.3) is 0 Å². The predicted octanol–water partition coefficient (Wildman–Crippen LogP) is 3.65. The highest BCUT2D eigenvalue weighted by Gasteiger charge is 2.18. The van der Waals surface area contributed by atoms with Crippen LogP contribution < -0.4 is 5.32 Å². The molecule has 2 unspecified atom stereocenters. The summed E-state index contributed by atoms with van der Waals surface area (Å²) < 4.78 is 13.7. The van der Waals surface area contributed by atoms with Crippen molar-refractivity contribution in [1.82, 2.24) is 10.2 Å². The van der Waals surface area contributed by atoms with Crippen molar-refractivity contribution in [2.75, 3.05) is 19.6 Å². The molecule has 1 N–H and O–H groups in total. The SMILES string of the molecule is CCC1CCN(Cc2cc(C)c(F)c(C)c2)CC(C)CN1. The van der Waals surface area contributed by atoms with Crippen molar-refractivity contribution in [1.29, 1.82) is 0 Å². The zero-order valence-electron chi connectivity index (χ0n) is 13.9. The van der Waals surface area contributed by atoms with E-state index in [-0.39, 0.29) is 5.82 Å². The van der Waals surface area contributed by atoms with Crippen molar-refractivity contribution < 1.29 is 4.39 Å². The summed E-state index contributed by atoms with van der Waals surface area (Å²) in [5.74, 6) is 0.594. The largest absolute Gasteiger partial charge is 0.314 e. The summed E-state index contributed by atoms with van der Waals surface area (Å²) in [7, 11) is 0. The van der Waals surface area contributed by atoms with Crippen LogP contribution in [0.25, 0.3) is 0 Å². The second kappa shape index (κ2) is 7.37. The molecule has 1 aliphatic rings. The quantitative estimate of drug-likeness (QED) is 0.915. The third-order valence-electron chi connectivity index (χ3n) is 4.51. The minimum Gasteiger partial charge on any atom is -0.314 e. The smallest absolute Gasteiger partial charge is 0.129 e. The zero-order valence-corrected chi connectivity index (χ0v) is 13.9. The maximum absolute atomic E-state index is 13.7. The fourth-order valence-electron chi connectivity index (χ4n) is 3.28. The van der Waals surface area contributed by atoms with E-state index in [1.807, 2.05) is 26.0 Å². The summed E-state index contributed by atoms with van der Waals surface area (Å²) in [6, 6.07) is 4.63. The van der Waals surface area contributed by atoms with Crippen LogP contribution in [0.3, 0.4) is 0 Å². The van der Waals surface area contributed by atoms with Gasteiger partial charge in [0.15, 0.2) is 0 Å².